The van der Waals surface area contributed by atoms with Crippen molar-refractivity contribution in [2.45, 2.75) is 30.9 Å². The van der Waals surface area contributed by atoms with E-state index < -0.39 is 9.84 Å². The molecule has 0 unspecified atom stereocenters. The van der Waals surface area contributed by atoms with Crippen LogP contribution in [0.4, 0.5) is 0 Å². The summed E-state index contributed by atoms with van der Waals surface area (Å²) in [5.74, 6) is -0.192. The minimum absolute atomic E-state index is 0.00272. The zero-order chi connectivity index (χ0) is 22.3. The van der Waals surface area contributed by atoms with Crippen LogP contribution < -0.4 is 0 Å². The van der Waals surface area contributed by atoms with E-state index in [0.29, 0.717) is 44.1 Å². The number of allylic oxidation sites excluding steroid dienone is 1. The molecule has 0 N–H and O–H groups in total. The second-order valence-corrected chi connectivity index (χ2v) is 9.45. The monoisotopic (exact) mass is 446 g/mol. The van der Waals surface area contributed by atoms with Gasteiger partial charge in [-0.25, -0.2) is 13.4 Å². The van der Waals surface area contributed by atoms with Gasteiger partial charge in [-0.2, -0.15) is 0 Å². The molecule has 1 aromatic carbocycles. The molecule has 8 nitrogen and oxygen atoms in total. The smallest absolute Gasteiger partial charge is 0.228 e. The van der Waals surface area contributed by atoms with Crippen LogP contribution in [0.5, 0.6) is 0 Å². The summed E-state index contributed by atoms with van der Waals surface area (Å²) in [5.41, 5.74) is 1.37. The molecule has 9 heteroatoms. The van der Waals surface area contributed by atoms with E-state index in [1.54, 1.807) is 33.9 Å². The Balaban J connectivity index is 1.77. The highest BCUT2D eigenvalue weighted by atomic mass is 32.2. The summed E-state index contributed by atoms with van der Waals surface area (Å²) < 4.78 is 33.1. The lowest BCUT2D eigenvalue weighted by atomic mass is 10.2. The number of benzene rings is 1. The highest BCUT2D eigenvalue weighted by Crippen LogP contribution is 2.19. The Morgan fingerprint density at radius 3 is 2.61 bits per heavy atom. The Kier molecular flexibility index (Phi) is 8.00. The number of hydrogen-bond acceptors (Lipinski definition) is 6. The van der Waals surface area contributed by atoms with Crippen molar-refractivity contribution < 1.29 is 17.9 Å². The molecule has 0 saturated carbocycles. The first kappa shape index (κ1) is 23.2. The number of nitrogens with zero attached hydrogens (tertiary/aromatic N) is 4. The molecule has 2 aromatic rings. The summed E-state index contributed by atoms with van der Waals surface area (Å²) in [6.45, 7) is 10.3. The van der Waals surface area contributed by atoms with Crippen molar-refractivity contribution in [1.29, 1.82) is 0 Å². The fourth-order valence-electron chi connectivity index (χ4n) is 3.58. The Morgan fingerprint density at radius 2 is 1.97 bits per heavy atom. The summed E-state index contributed by atoms with van der Waals surface area (Å²) in [7, 11) is -3.65. The Labute approximate surface area is 184 Å². The van der Waals surface area contributed by atoms with Crippen molar-refractivity contribution in [3.8, 4) is 0 Å². The van der Waals surface area contributed by atoms with E-state index >= 15 is 0 Å². The van der Waals surface area contributed by atoms with Crippen LogP contribution in [-0.4, -0.2) is 73.1 Å². The lowest BCUT2D eigenvalue weighted by molar-refractivity contribution is -0.129. The van der Waals surface area contributed by atoms with Gasteiger partial charge in [0.1, 0.15) is 0 Å². The van der Waals surface area contributed by atoms with Crippen LogP contribution in [0.1, 0.15) is 18.2 Å². The topological polar surface area (TPSA) is 84.7 Å². The predicted octanol–water partition coefficient (Wildman–Crippen LogP) is 1.72. The number of ether oxygens (including phenoxy) is 1. The van der Waals surface area contributed by atoms with E-state index in [-0.39, 0.29) is 16.8 Å². The standard InChI is InChI=1S/C22H30N4O4S/c1-3-9-26-21(17-25(19(2)27)11-10-24-12-14-30-15-13-24)16-23-22(26)31(28,29)18-20-7-5-4-6-8-20/h3-8,16H,1,9-15,17-18H2,2H3. The molecule has 0 spiro atoms. The first-order valence-electron chi connectivity index (χ1n) is 10.4. The van der Waals surface area contributed by atoms with Crippen LogP contribution in [0.3, 0.4) is 0 Å². The van der Waals surface area contributed by atoms with Crippen molar-refractivity contribution in [2.75, 3.05) is 39.4 Å². The van der Waals surface area contributed by atoms with Crippen LogP contribution in [-0.2, 0) is 38.2 Å². The van der Waals surface area contributed by atoms with E-state index in [4.69, 9.17) is 4.74 Å². The molecule has 0 atom stereocenters. The van der Waals surface area contributed by atoms with Crippen molar-refractivity contribution in [2.24, 2.45) is 0 Å². The number of amides is 1. The molecule has 0 bridgehead atoms. The van der Waals surface area contributed by atoms with Crippen molar-refractivity contribution in [1.82, 2.24) is 19.4 Å². The van der Waals surface area contributed by atoms with Gasteiger partial charge in [-0.3, -0.25) is 9.69 Å². The molecule has 1 aliphatic rings. The molecule has 3 rings (SSSR count). The summed E-state index contributed by atoms with van der Waals surface area (Å²) >= 11 is 0. The van der Waals surface area contributed by atoms with Gasteiger partial charge in [0, 0.05) is 39.6 Å². The Hall–Kier alpha value is -2.49. The summed E-state index contributed by atoms with van der Waals surface area (Å²) in [6, 6.07) is 9.03. The maximum Gasteiger partial charge on any atom is 0.228 e. The number of hydrogen-bond donors (Lipinski definition) is 0. The van der Waals surface area contributed by atoms with Crippen LogP contribution in [0, 0.1) is 0 Å². The highest BCUT2D eigenvalue weighted by molar-refractivity contribution is 7.90. The maximum absolute atomic E-state index is 13.0. The average molecular weight is 447 g/mol. The van der Waals surface area contributed by atoms with Crippen molar-refractivity contribution in [3.63, 3.8) is 0 Å². The number of imidazole rings is 1. The van der Waals surface area contributed by atoms with Crippen LogP contribution >= 0.6 is 0 Å². The maximum atomic E-state index is 13.0. The number of aromatic nitrogens is 2. The molecule has 0 radical (unpaired) electrons. The van der Waals surface area contributed by atoms with Gasteiger partial charge in [-0.1, -0.05) is 36.4 Å². The third kappa shape index (κ3) is 6.25. The molecule has 1 fully saturated rings. The second-order valence-electron chi connectivity index (χ2n) is 7.57. The molecule has 31 heavy (non-hydrogen) atoms. The third-order valence-electron chi connectivity index (χ3n) is 5.28. The van der Waals surface area contributed by atoms with E-state index in [2.05, 4.69) is 16.5 Å². The van der Waals surface area contributed by atoms with Gasteiger partial charge >= 0.3 is 0 Å². The average Bonchev–Trinajstić information content (AvgIpc) is 3.15. The number of carbonyl (C=O) groups is 1. The second kappa shape index (κ2) is 10.7. The van der Waals surface area contributed by atoms with E-state index in [0.717, 1.165) is 19.6 Å². The van der Waals surface area contributed by atoms with Gasteiger partial charge in [0.2, 0.25) is 20.9 Å². The molecular formula is C22H30N4O4S. The zero-order valence-corrected chi connectivity index (χ0v) is 18.8. The number of morpholine rings is 1. The molecule has 168 valence electrons. The minimum atomic E-state index is -3.65. The lowest BCUT2D eigenvalue weighted by Crippen LogP contribution is -2.42. The van der Waals surface area contributed by atoms with Gasteiger partial charge in [0.25, 0.3) is 0 Å². The van der Waals surface area contributed by atoms with Gasteiger partial charge in [0.05, 0.1) is 37.4 Å². The summed E-state index contributed by atoms with van der Waals surface area (Å²) in [6.07, 6.45) is 3.19. The Bertz CT molecular complexity index is 982. The molecule has 1 aromatic heterocycles. The van der Waals surface area contributed by atoms with Crippen LogP contribution in [0.2, 0.25) is 0 Å². The predicted molar refractivity (Wildman–Crippen MR) is 118 cm³/mol. The minimum Gasteiger partial charge on any atom is -0.379 e. The quantitative estimate of drug-likeness (QED) is 0.517. The first-order chi connectivity index (χ1) is 14.9. The molecule has 2 heterocycles. The summed E-state index contributed by atoms with van der Waals surface area (Å²) in [4.78, 5) is 20.5. The van der Waals surface area contributed by atoms with Crippen LogP contribution in [0.25, 0.3) is 0 Å². The first-order valence-corrected chi connectivity index (χ1v) is 12.0. The largest absolute Gasteiger partial charge is 0.379 e. The van der Waals surface area contributed by atoms with Gasteiger partial charge < -0.3 is 14.2 Å². The zero-order valence-electron chi connectivity index (χ0n) is 17.9. The van der Waals surface area contributed by atoms with Crippen molar-refractivity contribution in [3.05, 3.63) is 60.4 Å². The number of carbonyl (C=O) groups excluding carboxylic acids is 1. The van der Waals surface area contributed by atoms with Gasteiger partial charge in [-0.05, 0) is 5.56 Å². The van der Waals surface area contributed by atoms with E-state index in [1.807, 2.05) is 18.2 Å². The molecule has 1 saturated heterocycles. The fraction of sp³-hybridized carbons (Fsp3) is 0.455. The highest BCUT2D eigenvalue weighted by Gasteiger charge is 2.25. The Morgan fingerprint density at radius 1 is 1.26 bits per heavy atom. The SMILES string of the molecule is C=CCn1c(CN(CCN2CCOCC2)C(C)=O)cnc1S(=O)(=O)Cc1ccccc1. The fourth-order valence-corrected chi connectivity index (χ4v) is 5.08. The summed E-state index contributed by atoms with van der Waals surface area (Å²) in [5, 5.41) is 0.00272. The third-order valence-corrected chi connectivity index (χ3v) is 6.87. The van der Waals surface area contributed by atoms with E-state index in [9.17, 15) is 13.2 Å². The normalized spacial score (nSPS) is 15.0. The number of sulfone groups is 1. The molecular weight excluding hydrogens is 416 g/mol. The van der Waals surface area contributed by atoms with Gasteiger partial charge in [0.15, 0.2) is 0 Å². The van der Waals surface area contributed by atoms with Crippen LogP contribution in [0.15, 0.2) is 54.3 Å². The molecule has 0 aliphatic carbocycles. The molecule has 1 amide bonds. The number of rotatable bonds is 10. The lowest BCUT2D eigenvalue weighted by Gasteiger charge is -2.29. The molecule has 1 aliphatic heterocycles. The van der Waals surface area contributed by atoms with E-state index in [1.165, 1.54) is 6.92 Å². The van der Waals surface area contributed by atoms with Crippen molar-refractivity contribution >= 4 is 15.7 Å². The van der Waals surface area contributed by atoms with Gasteiger partial charge in [-0.15, -0.1) is 6.58 Å².